The highest BCUT2D eigenvalue weighted by Crippen LogP contribution is 2.29. The van der Waals surface area contributed by atoms with Gasteiger partial charge in [-0.25, -0.2) is 0 Å². The van der Waals surface area contributed by atoms with Crippen molar-refractivity contribution < 1.29 is 0 Å². The van der Waals surface area contributed by atoms with Crippen molar-refractivity contribution in [1.29, 1.82) is 0 Å². The van der Waals surface area contributed by atoms with E-state index >= 15 is 0 Å². The van der Waals surface area contributed by atoms with Crippen LogP contribution in [-0.2, 0) is 13.0 Å². The average molecular weight is 359 g/mol. The molecular formula is C23H22N2S. The minimum absolute atomic E-state index is 0.766. The van der Waals surface area contributed by atoms with Crippen LogP contribution in [0.15, 0.2) is 84.9 Å². The Balaban J connectivity index is 1.69. The van der Waals surface area contributed by atoms with E-state index in [1.165, 1.54) is 16.8 Å². The second-order valence-electron chi connectivity index (χ2n) is 6.57. The second-order valence-corrected chi connectivity index (χ2v) is 6.94. The van der Waals surface area contributed by atoms with Crippen LogP contribution in [0.4, 0.5) is 11.4 Å². The molecule has 0 atom stereocenters. The van der Waals surface area contributed by atoms with Crippen LogP contribution in [0.5, 0.6) is 0 Å². The lowest BCUT2D eigenvalue weighted by Gasteiger charge is -2.37. The molecule has 3 aromatic carbocycles. The van der Waals surface area contributed by atoms with E-state index in [-0.39, 0.29) is 0 Å². The van der Waals surface area contributed by atoms with Gasteiger partial charge in [-0.05, 0) is 54.4 Å². The normalized spacial score (nSPS) is 13.2. The van der Waals surface area contributed by atoms with Crippen LogP contribution >= 0.6 is 12.2 Å². The van der Waals surface area contributed by atoms with Gasteiger partial charge in [0.15, 0.2) is 5.11 Å². The van der Waals surface area contributed by atoms with Crippen molar-refractivity contribution in [2.24, 2.45) is 0 Å². The van der Waals surface area contributed by atoms with Crippen molar-refractivity contribution in [2.75, 3.05) is 16.3 Å². The minimum Gasteiger partial charge on any atom is -0.318 e. The Kier molecular flexibility index (Phi) is 4.98. The van der Waals surface area contributed by atoms with Crippen molar-refractivity contribution in [3.8, 4) is 0 Å². The maximum absolute atomic E-state index is 6.00. The molecule has 0 fully saturated rings. The van der Waals surface area contributed by atoms with Gasteiger partial charge in [-0.2, -0.15) is 0 Å². The summed E-state index contributed by atoms with van der Waals surface area (Å²) in [6.07, 6.45) is 2.25. The van der Waals surface area contributed by atoms with Gasteiger partial charge in [0.05, 0.1) is 6.54 Å². The lowest BCUT2D eigenvalue weighted by molar-refractivity contribution is 0.773. The molecule has 0 unspecified atom stereocenters. The topological polar surface area (TPSA) is 6.48 Å². The third-order valence-electron chi connectivity index (χ3n) is 4.82. The van der Waals surface area contributed by atoms with Gasteiger partial charge >= 0.3 is 0 Å². The zero-order valence-corrected chi connectivity index (χ0v) is 15.5. The first-order chi connectivity index (χ1) is 12.8. The summed E-state index contributed by atoms with van der Waals surface area (Å²) in [6, 6.07) is 29.6. The zero-order chi connectivity index (χ0) is 17.8. The summed E-state index contributed by atoms with van der Waals surface area (Å²) in [6.45, 7) is 1.73. The number of nitrogens with zero attached hydrogens (tertiary/aromatic N) is 2. The zero-order valence-electron chi connectivity index (χ0n) is 14.7. The summed E-state index contributed by atoms with van der Waals surface area (Å²) < 4.78 is 0. The lowest BCUT2D eigenvalue weighted by atomic mass is 10.0. The van der Waals surface area contributed by atoms with E-state index in [0.717, 1.165) is 36.7 Å². The molecule has 0 saturated heterocycles. The Morgan fingerprint density at radius 2 is 1.50 bits per heavy atom. The molecule has 0 radical (unpaired) electrons. The molecule has 3 aromatic rings. The van der Waals surface area contributed by atoms with Gasteiger partial charge in [0.25, 0.3) is 0 Å². The van der Waals surface area contributed by atoms with Gasteiger partial charge in [-0.3, -0.25) is 0 Å². The Morgan fingerprint density at radius 3 is 2.27 bits per heavy atom. The van der Waals surface area contributed by atoms with Gasteiger partial charge in [-0.1, -0.05) is 66.7 Å². The Labute approximate surface area is 160 Å². The predicted octanol–water partition coefficient (Wildman–Crippen LogP) is 5.43. The summed E-state index contributed by atoms with van der Waals surface area (Å²) in [5.41, 5.74) is 5.01. The monoisotopic (exact) mass is 358 g/mol. The number of aryl methyl sites for hydroxylation is 1. The number of para-hydroxylation sites is 2. The van der Waals surface area contributed by atoms with Crippen molar-refractivity contribution in [1.82, 2.24) is 0 Å². The molecule has 4 rings (SSSR count). The van der Waals surface area contributed by atoms with E-state index in [2.05, 4.69) is 88.7 Å². The van der Waals surface area contributed by atoms with Crippen molar-refractivity contribution >= 4 is 28.7 Å². The minimum atomic E-state index is 0.766. The van der Waals surface area contributed by atoms with Crippen LogP contribution in [0.3, 0.4) is 0 Å². The molecule has 0 saturated carbocycles. The van der Waals surface area contributed by atoms with Gasteiger partial charge < -0.3 is 9.80 Å². The fraction of sp³-hybridized carbons (Fsp3) is 0.174. The predicted molar refractivity (Wildman–Crippen MR) is 114 cm³/mol. The van der Waals surface area contributed by atoms with Crippen LogP contribution < -0.4 is 9.80 Å². The van der Waals surface area contributed by atoms with Gasteiger partial charge in [0.2, 0.25) is 0 Å². The summed E-state index contributed by atoms with van der Waals surface area (Å²) in [7, 11) is 0. The first-order valence-electron chi connectivity index (χ1n) is 9.09. The molecule has 130 valence electrons. The Morgan fingerprint density at radius 1 is 0.846 bits per heavy atom. The number of thiocarbonyl (C=S) groups is 1. The maximum Gasteiger partial charge on any atom is 0.180 e. The Hall–Kier alpha value is -2.65. The average Bonchev–Trinajstić information content (AvgIpc) is 2.72. The summed E-state index contributed by atoms with van der Waals surface area (Å²) in [4.78, 5) is 4.54. The number of anilines is 2. The van der Waals surface area contributed by atoms with E-state index < -0.39 is 0 Å². The SMILES string of the molecule is S=C(N(Cc1ccccc1)c1ccccc1)N1CCCc2ccccc21. The number of hydrogen-bond acceptors (Lipinski definition) is 1. The molecule has 26 heavy (non-hydrogen) atoms. The first-order valence-corrected chi connectivity index (χ1v) is 9.50. The number of rotatable bonds is 3. The molecule has 0 bridgehead atoms. The second kappa shape index (κ2) is 7.71. The largest absolute Gasteiger partial charge is 0.318 e. The van der Waals surface area contributed by atoms with Crippen LogP contribution in [0.1, 0.15) is 17.5 Å². The van der Waals surface area contributed by atoms with Gasteiger partial charge in [0, 0.05) is 17.9 Å². The smallest absolute Gasteiger partial charge is 0.180 e. The standard InChI is InChI=1S/C23H22N2S/c26-23(24-17-9-13-20-12-7-8-16-22(20)24)25(21-14-5-2-6-15-21)18-19-10-3-1-4-11-19/h1-8,10-12,14-16H,9,13,17-18H2. The molecule has 0 spiro atoms. The first kappa shape index (κ1) is 16.8. The van der Waals surface area contributed by atoms with Crippen molar-refractivity contribution in [3.63, 3.8) is 0 Å². The third kappa shape index (κ3) is 3.49. The van der Waals surface area contributed by atoms with Crippen LogP contribution in [0.25, 0.3) is 0 Å². The van der Waals surface area contributed by atoms with Gasteiger partial charge in [0.1, 0.15) is 0 Å². The van der Waals surface area contributed by atoms with E-state index in [9.17, 15) is 0 Å². The highest BCUT2D eigenvalue weighted by atomic mass is 32.1. The quantitative estimate of drug-likeness (QED) is 0.576. The van der Waals surface area contributed by atoms with Crippen LogP contribution in [0.2, 0.25) is 0 Å². The highest BCUT2D eigenvalue weighted by molar-refractivity contribution is 7.80. The summed E-state index contributed by atoms with van der Waals surface area (Å²) in [5, 5.41) is 0.868. The highest BCUT2D eigenvalue weighted by Gasteiger charge is 2.24. The number of benzene rings is 3. The van der Waals surface area contributed by atoms with E-state index in [4.69, 9.17) is 12.2 Å². The molecule has 0 N–H and O–H groups in total. The van der Waals surface area contributed by atoms with Crippen molar-refractivity contribution in [3.05, 3.63) is 96.1 Å². The molecular weight excluding hydrogens is 336 g/mol. The molecule has 3 heteroatoms. The van der Waals surface area contributed by atoms with Crippen molar-refractivity contribution in [2.45, 2.75) is 19.4 Å². The molecule has 1 aliphatic heterocycles. The molecule has 1 heterocycles. The lowest BCUT2D eigenvalue weighted by Crippen LogP contribution is -2.45. The summed E-state index contributed by atoms with van der Waals surface area (Å²) >= 11 is 6.00. The molecule has 0 amide bonds. The molecule has 2 nitrogen and oxygen atoms in total. The van der Waals surface area contributed by atoms with Crippen LogP contribution in [0, 0.1) is 0 Å². The van der Waals surface area contributed by atoms with Crippen LogP contribution in [-0.4, -0.2) is 11.7 Å². The third-order valence-corrected chi connectivity index (χ3v) is 5.26. The summed E-state index contributed by atoms with van der Waals surface area (Å²) in [5.74, 6) is 0. The fourth-order valence-electron chi connectivity index (χ4n) is 3.52. The van der Waals surface area contributed by atoms with Gasteiger partial charge in [-0.15, -0.1) is 0 Å². The Bertz CT molecular complexity index is 877. The number of fused-ring (bicyclic) bond motifs is 1. The van der Waals surface area contributed by atoms with E-state index in [1.54, 1.807) is 0 Å². The van der Waals surface area contributed by atoms with E-state index in [1.807, 2.05) is 6.07 Å². The maximum atomic E-state index is 6.00. The molecule has 0 aliphatic carbocycles. The number of hydrogen-bond donors (Lipinski definition) is 0. The molecule has 1 aliphatic rings. The molecule has 0 aromatic heterocycles. The van der Waals surface area contributed by atoms with E-state index in [0.29, 0.717) is 0 Å². The fourth-order valence-corrected chi connectivity index (χ4v) is 3.88.